The number of aliphatic hydroxyl groups is 2. The largest absolute Gasteiger partial charge is 0.487 e. The molecule has 0 unspecified atom stereocenters. The fraction of sp³-hybridized carbons (Fsp3) is 0.400. The summed E-state index contributed by atoms with van der Waals surface area (Å²) in [4.78, 5) is 0. The van der Waals surface area contributed by atoms with Crippen LogP contribution in [0.15, 0.2) is 66.7 Å². The molecular formula is C30H38O4Si. The fourth-order valence-electron chi connectivity index (χ4n) is 4.19. The predicted molar refractivity (Wildman–Crippen MR) is 147 cm³/mol. The normalized spacial score (nSPS) is 13.1. The van der Waals surface area contributed by atoms with E-state index in [2.05, 4.69) is 56.5 Å². The van der Waals surface area contributed by atoms with Crippen molar-refractivity contribution in [1.29, 1.82) is 0 Å². The molecule has 0 spiro atoms. The molecule has 4 nitrogen and oxygen atoms in total. The lowest BCUT2D eigenvalue weighted by Crippen LogP contribution is -2.29. The van der Waals surface area contributed by atoms with Crippen LogP contribution in [0.1, 0.15) is 32.8 Å². The van der Waals surface area contributed by atoms with Gasteiger partial charge in [0, 0.05) is 12.8 Å². The minimum absolute atomic E-state index is 0.146. The van der Waals surface area contributed by atoms with Crippen LogP contribution in [-0.2, 0) is 6.42 Å². The van der Waals surface area contributed by atoms with Gasteiger partial charge in [-0.05, 0) is 46.6 Å². The smallest absolute Gasteiger partial charge is 0.161 e. The molecule has 3 aromatic rings. The second-order valence-electron chi connectivity index (χ2n) is 9.11. The lowest BCUT2D eigenvalue weighted by molar-refractivity contribution is 0.0951. The molecule has 2 N–H and O–H groups in total. The first-order chi connectivity index (χ1) is 17.0. The lowest BCUT2D eigenvalue weighted by Gasteiger charge is -2.20. The summed E-state index contributed by atoms with van der Waals surface area (Å²) in [6.45, 7) is 6.97. The Labute approximate surface area is 210 Å². The van der Waals surface area contributed by atoms with Gasteiger partial charge >= 0.3 is 0 Å². The highest BCUT2D eigenvalue weighted by Gasteiger charge is 2.24. The topological polar surface area (TPSA) is 58.9 Å². The van der Waals surface area contributed by atoms with Crippen molar-refractivity contribution in [2.24, 2.45) is 0 Å². The molecule has 35 heavy (non-hydrogen) atoms. The highest BCUT2D eigenvalue weighted by molar-refractivity contribution is 6.87. The van der Waals surface area contributed by atoms with E-state index in [1.807, 2.05) is 42.5 Å². The van der Waals surface area contributed by atoms with Crippen LogP contribution in [-0.4, -0.2) is 43.7 Å². The van der Waals surface area contributed by atoms with Crippen LogP contribution in [0.3, 0.4) is 0 Å². The Hall–Kier alpha value is -2.78. The Morgan fingerprint density at radius 2 is 1.31 bits per heavy atom. The maximum Gasteiger partial charge on any atom is 0.161 e. The average Bonchev–Trinajstić information content (AvgIpc) is 2.89. The van der Waals surface area contributed by atoms with Gasteiger partial charge in [0.05, 0.1) is 12.2 Å². The first kappa shape index (κ1) is 26.8. The summed E-state index contributed by atoms with van der Waals surface area (Å²) in [7, 11) is -1.50. The number of benzene rings is 3. The third kappa shape index (κ3) is 7.86. The van der Waals surface area contributed by atoms with E-state index in [9.17, 15) is 10.2 Å². The van der Waals surface area contributed by atoms with Crippen molar-refractivity contribution in [3.63, 3.8) is 0 Å². The van der Waals surface area contributed by atoms with Gasteiger partial charge in [-0.3, -0.25) is 0 Å². The Morgan fingerprint density at radius 3 is 1.94 bits per heavy atom. The van der Waals surface area contributed by atoms with Crippen molar-refractivity contribution < 1.29 is 19.7 Å². The van der Waals surface area contributed by atoms with Crippen molar-refractivity contribution in [1.82, 2.24) is 0 Å². The van der Waals surface area contributed by atoms with E-state index in [0.717, 1.165) is 29.1 Å². The zero-order chi connectivity index (χ0) is 25.1. The first-order valence-corrected chi connectivity index (χ1v) is 15.3. The molecule has 5 heteroatoms. The van der Waals surface area contributed by atoms with Crippen molar-refractivity contribution in [3.8, 4) is 23.0 Å². The molecule has 3 aromatic carbocycles. The number of rotatable bonds is 12. The molecule has 0 fully saturated rings. The molecule has 0 saturated carbocycles. The maximum atomic E-state index is 10.6. The minimum Gasteiger partial charge on any atom is -0.487 e. The van der Waals surface area contributed by atoms with Crippen molar-refractivity contribution in [2.75, 3.05) is 13.2 Å². The number of aliphatic hydroxyl groups excluding tert-OH is 2. The summed E-state index contributed by atoms with van der Waals surface area (Å²) in [6, 6.07) is 25.2. The molecule has 0 amide bonds. The molecule has 0 bridgehead atoms. The lowest BCUT2D eigenvalue weighted by atomic mass is 10.0. The summed E-state index contributed by atoms with van der Waals surface area (Å²) >= 11 is 0. The number of ether oxygens (including phenoxy) is 2. The summed E-state index contributed by atoms with van der Waals surface area (Å²) in [5.74, 6) is 4.33. The zero-order valence-corrected chi connectivity index (χ0v) is 22.2. The Kier molecular flexibility index (Phi) is 10.2. The fourth-order valence-corrected chi connectivity index (χ4v) is 6.70. The van der Waals surface area contributed by atoms with Gasteiger partial charge in [0.1, 0.15) is 21.3 Å². The van der Waals surface area contributed by atoms with Gasteiger partial charge in [-0.25, -0.2) is 0 Å². The standard InChI is InChI=1S/C30H38O4Si/c1-4-35(5-2,6-3)19-11-14-27(31)22-33-29-15-9-10-16-30(29)34-23-28(32)21-24-17-18-25-12-7-8-13-26(25)20-24/h7-10,12-13,15-18,20,27-28,31-32H,4-6,14,21-23H2,1-3H3/t27-,28+/m0/s1. The monoisotopic (exact) mass is 490 g/mol. The molecule has 0 saturated heterocycles. The number of hydrogen-bond acceptors (Lipinski definition) is 4. The third-order valence-electron chi connectivity index (χ3n) is 6.72. The molecule has 0 aliphatic rings. The quantitative estimate of drug-likeness (QED) is 0.241. The number of hydrogen-bond donors (Lipinski definition) is 2. The molecular weight excluding hydrogens is 452 g/mol. The van der Waals surface area contributed by atoms with Gasteiger partial charge in [-0.15, -0.1) is 11.5 Å². The van der Waals surface area contributed by atoms with Crippen molar-refractivity contribution >= 4 is 18.8 Å². The van der Waals surface area contributed by atoms with E-state index in [0.29, 0.717) is 24.3 Å². The molecule has 186 valence electrons. The minimum atomic E-state index is -1.50. The zero-order valence-electron chi connectivity index (χ0n) is 21.2. The molecule has 0 radical (unpaired) electrons. The van der Waals surface area contributed by atoms with Crippen molar-refractivity contribution in [2.45, 2.75) is 64.0 Å². The van der Waals surface area contributed by atoms with E-state index in [4.69, 9.17) is 9.47 Å². The van der Waals surface area contributed by atoms with Crippen LogP contribution in [0.25, 0.3) is 10.8 Å². The molecule has 3 rings (SSSR count). The Morgan fingerprint density at radius 1 is 0.743 bits per heavy atom. The van der Waals surface area contributed by atoms with E-state index in [1.165, 1.54) is 5.39 Å². The van der Waals surface area contributed by atoms with Crippen LogP contribution in [0.2, 0.25) is 18.1 Å². The highest BCUT2D eigenvalue weighted by Crippen LogP contribution is 2.27. The van der Waals surface area contributed by atoms with Gasteiger partial charge in [0.15, 0.2) is 11.5 Å². The van der Waals surface area contributed by atoms with Gasteiger partial charge in [-0.1, -0.05) is 75.4 Å². The van der Waals surface area contributed by atoms with Crippen LogP contribution in [0, 0.1) is 11.5 Å². The van der Waals surface area contributed by atoms with E-state index >= 15 is 0 Å². The van der Waals surface area contributed by atoms with Gasteiger partial charge in [0.2, 0.25) is 0 Å². The SMILES string of the molecule is CC[Si](C#CC[C@H](O)COc1ccccc1OC[C@H](O)Cc1ccc2ccccc2c1)(CC)CC. The second-order valence-corrected chi connectivity index (χ2v) is 14.0. The van der Waals surface area contributed by atoms with E-state index in [1.54, 1.807) is 0 Å². The molecule has 0 aliphatic carbocycles. The van der Waals surface area contributed by atoms with Gasteiger partial charge in [0.25, 0.3) is 0 Å². The van der Waals surface area contributed by atoms with Crippen molar-refractivity contribution in [3.05, 3.63) is 72.3 Å². The van der Waals surface area contributed by atoms with Crippen LogP contribution in [0.5, 0.6) is 11.5 Å². The second kappa shape index (κ2) is 13.3. The highest BCUT2D eigenvalue weighted by atomic mass is 28.3. The van der Waals surface area contributed by atoms with E-state index in [-0.39, 0.29) is 13.2 Å². The summed E-state index contributed by atoms with van der Waals surface area (Å²) in [5, 5.41) is 23.3. The maximum absolute atomic E-state index is 10.6. The Balaban J connectivity index is 1.51. The number of fused-ring (bicyclic) bond motifs is 1. The van der Waals surface area contributed by atoms with Crippen LogP contribution >= 0.6 is 0 Å². The number of para-hydroxylation sites is 2. The van der Waals surface area contributed by atoms with E-state index < -0.39 is 20.3 Å². The van der Waals surface area contributed by atoms with Crippen LogP contribution in [0.4, 0.5) is 0 Å². The summed E-state index contributed by atoms with van der Waals surface area (Å²) < 4.78 is 11.7. The molecule has 0 aliphatic heterocycles. The van der Waals surface area contributed by atoms with Gasteiger partial charge < -0.3 is 19.7 Å². The summed E-state index contributed by atoms with van der Waals surface area (Å²) in [5.41, 5.74) is 4.57. The molecule has 2 atom stereocenters. The molecule has 0 aromatic heterocycles. The molecule has 0 heterocycles. The van der Waals surface area contributed by atoms with Crippen LogP contribution < -0.4 is 9.47 Å². The average molecular weight is 491 g/mol. The summed E-state index contributed by atoms with van der Waals surface area (Å²) in [6.07, 6.45) is -0.400. The predicted octanol–water partition coefficient (Wildman–Crippen LogP) is 6.00. The van der Waals surface area contributed by atoms with Gasteiger partial charge in [-0.2, -0.15) is 0 Å². The third-order valence-corrected chi connectivity index (χ3v) is 11.5. The first-order valence-electron chi connectivity index (χ1n) is 12.7. The Bertz CT molecular complexity index is 1120.